The molecule has 0 aliphatic carbocycles. The van der Waals surface area contributed by atoms with Gasteiger partial charge in [-0.1, -0.05) is 23.2 Å². The molecule has 0 saturated carbocycles. The zero-order chi connectivity index (χ0) is 17.1. The van der Waals surface area contributed by atoms with Crippen molar-refractivity contribution in [3.8, 4) is 5.75 Å². The van der Waals surface area contributed by atoms with Crippen molar-refractivity contribution in [3.63, 3.8) is 0 Å². The number of hydrogen-bond acceptors (Lipinski definition) is 4. The molecule has 120 valence electrons. The minimum absolute atomic E-state index is 0.0347. The number of aromatic hydroxyl groups is 1. The number of nitrogens with one attached hydrogen (secondary N) is 2. The van der Waals surface area contributed by atoms with E-state index in [1.54, 1.807) is 24.3 Å². The number of carboxylic acid groups (broad SMARTS) is 1. The molecule has 0 heterocycles. The molecule has 0 radical (unpaired) electrons. The van der Waals surface area contributed by atoms with Crippen LogP contribution in [0.5, 0.6) is 5.75 Å². The minimum Gasteiger partial charge on any atom is -0.506 e. The SMILES string of the molecule is N=C(N)c1ccc(NC(C(=O)O)c2cc(Cl)cc(Cl)c2O)cc1. The summed E-state index contributed by atoms with van der Waals surface area (Å²) in [6, 6.07) is 7.71. The fraction of sp³-hybridized carbons (Fsp3) is 0.0667. The second-order valence-electron chi connectivity index (χ2n) is 4.73. The predicted molar refractivity (Wildman–Crippen MR) is 89.6 cm³/mol. The average molecular weight is 354 g/mol. The Kier molecular flexibility index (Phi) is 4.98. The normalized spacial score (nSPS) is 11.7. The van der Waals surface area contributed by atoms with Gasteiger partial charge in [-0.3, -0.25) is 5.41 Å². The van der Waals surface area contributed by atoms with Crippen molar-refractivity contribution >= 4 is 40.7 Å². The molecular weight excluding hydrogens is 341 g/mol. The largest absolute Gasteiger partial charge is 0.506 e. The van der Waals surface area contributed by atoms with Crippen LogP contribution in [0.4, 0.5) is 5.69 Å². The Morgan fingerprint density at radius 3 is 2.35 bits per heavy atom. The zero-order valence-corrected chi connectivity index (χ0v) is 13.2. The number of anilines is 1. The number of benzene rings is 2. The van der Waals surface area contributed by atoms with E-state index in [1.807, 2.05) is 0 Å². The van der Waals surface area contributed by atoms with Gasteiger partial charge in [-0.25, -0.2) is 4.79 Å². The maximum Gasteiger partial charge on any atom is 0.330 e. The van der Waals surface area contributed by atoms with Gasteiger partial charge in [-0.2, -0.15) is 0 Å². The van der Waals surface area contributed by atoms with Crippen LogP contribution in [-0.4, -0.2) is 22.0 Å². The number of carbonyl (C=O) groups is 1. The van der Waals surface area contributed by atoms with Crippen molar-refractivity contribution in [1.82, 2.24) is 0 Å². The molecule has 0 fully saturated rings. The molecule has 23 heavy (non-hydrogen) atoms. The van der Waals surface area contributed by atoms with Crippen LogP contribution >= 0.6 is 23.2 Å². The summed E-state index contributed by atoms with van der Waals surface area (Å²) in [7, 11) is 0. The number of carboxylic acids is 1. The number of halogens is 2. The Balaban J connectivity index is 2.36. The van der Waals surface area contributed by atoms with Gasteiger partial charge >= 0.3 is 5.97 Å². The van der Waals surface area contributed by atoms with Gasteiger partial charge in [0.05, 0.1) is 5.02 Å². The molecule has 0 aliphatic rings. The van der Waals surface area contributed by atoms with Crippen LogP contribution < -0.4 is 11.1 Å². The fourth-order valence-corrected chi connectivity index (χ4v) is 2.50. The molecule has 8 heteroatoms. The van der Waals surface area contributed by atoms with E-state index in [9.17, 15) is 15.0 Å². The van der Waals surface area contributed by atoms with E-state index in [4.69, 9.17) is 34.3 Å². The molecule has 0 amide bonds. The summed E-state index contributed by atoms with van der Waals surface area (Å²) in [4.78, 5) is 11.5. The molecule has 0 saturated heterocycles. The molecule has 0 spiro atoms. The predicted octanol–water partition coefficient (Wildman–Crippen LogP) is 3.22. The second kappa shape index (κ2) is 6.76. The Bertz CT molecular complexity index is 763. The molecule has 6 nitrogen and oxygen atoms in total. The van der Waals surface area contributed by atoms with Crippen LogP contribution in [0.2, 0.25) is 10.0 Å². The van der Waals surface area contributed by atoms with E-state index >= 15 is 0 Å². The van der Waals surface area contributed by atoms with E-state index in [1.165, 1.54) is 12.1 Å². The van der Waals surface area contributed by atoms with Crippen molar-refractivity contribution in [3.05, 3.63) is 57.6 Å². The first-order valence-corrected chi connectivity index (χ1v) is 7.17. The quantitative estimate of drug-likeness (QED) is 0.417. The Morgan fingerprint density at radius 2 is 1.83 bits per heavy atom. The van der Waals surface area contributed by atoms with Gasteiger partial charge in [0.1, 0.15) is 11.6 Å². The van der Waals surface area contributed by atoms with Gasteiger partial charge in [-0.15, -0.1) is 0 Å². The van der Waals surface area contributed by atoms with Gasteiger partial charge in [0.25, 0.3) is 0 Å². The fourth-order valence-electron chi connectivity index (χ4n) is 1.99. The molecule has 0 aliphatic heterocycles. The molecular formula is C15H13Cl2N3O3. The van der Waals surface area contributed by atoms with Crippen LogP contribution in [0.1, 0.15) is 17.2 Å². The summed E-state index contributed by atoms with van der Waals surface area (Å²) >= 11 is 11.7. The van der Waals surface area contributed by atoms with E-state index < -0.39 is 12.0 Å². The molecule has 1 unspecified atom stereocenters. The summed E-state index contributed by atoms with van der Waals surface area (Å²) in [5.41, 5.74) is 6.39. The summed E-state index contributed by atoms with van der Waals surface area (Å²) < 4.78 is 0. The first-order valence-electron chi connectivity index (χ1n) is 6.41. The van der Waals surface area contributed by atoms with Crippen molar-refractivity contribution in [2.24, 2.45) is 5.73 Å². The van der Waals surface area contributed by atoms with Crippen LogP contribution in [0.3, 0.4) is 0 Å². The highest BCUT2D eigenvalue weighted by Gasteiger charge is 2.25. The van der Waals surface area contributed by atoms with Crippen molar-refractivity contribution in [2.75, 3.05) is 5.32 Å². The number of phenolic OH excluding ortho intramolecular Hbond substituents is 1. The standard InChI is InChI=1S/C15H13Cl2N3O3/c16-8-5-10(13(21)11(17)6-8)12(15(22)23)20-9-3-1-7(2-4-9)14(18)19/h1-6,12,20-21H,(H3,18,19)(H,22,23). The zero-order valence-electron chi connectivity index (χ0n) is 11.7. The van der Waals surface area contributed by atoms with Crippen molar-refractivity contribution in [2.45, 2.75) is 6.04 Å². The average Bonchev–Trinajstić information content (AvgIpc) is 2.49. The molecule has 6 N–H and O–H groups in total. The summed E-state index contributed by atoms with van der Waals surface area (Å²) in [5.74, 6) is -1.66. The second-order valence-corrected chi connectivity index (χ2v) is 5.58. The summed E-state index contributed by atoms with van der Waals surface area (Å²) in [5, 5.41) is 29.7. The Hall–Kier alpha value is -2.44. The summed E-state index contributed by atoms with van der Waals surface area (Å²) in [6.07, 6.45) is 0. The lowest BCUT2D eigenvalue weighted by atomic mass is 10.0. The van der Waals surface area contributed by atoms with E-state index in [-0.39, 0.29) is 27.2 Å². The maximum atomic E-state index is 11.5. The van der Waals surface area contributed by atoms with Gasteiger partial charge in [0.15, 0.2) is 6.04 Å². The number of rotatable bonds is 5. The number of nitrogens with two attached hydrogens (primary N) is 1. The number of phenols is 1. The van der Waals surface area contributed by atoms with E-state index in [0.717, 1.165) is 0 Å². The lowest BCUT2D eigenvalue weighted by Gasteiger charge is -2.18. The maximum absolute atomic E-state index is 11.5. The molecule has 0 bridgehead atoms. The third kappa shape index (κ3) is 3.85. The van der Waals surface area contributed by atoms with Crippen LogP contribution in [-0.2, 0) is 4.79 Å². The van der Waals surface area contributed by atoms with Crippen molar-refractivity contribution < 1.29 is 15.0 Å². The van der Waals surface area contributed by atoms with Crippen LogP contribution in [0.15, 0.2) is 36.4 Å². The summed E-state index contributed by atoms with van der Waals surface area (Å²) in [6.45, 7) is 0. The monoisotopic (exact) mass is 353 g/mol. The van der Waals surface area contributed by atoms with Crippen LogP contribution in [0.25, 0.3) is 0 Å². The van der Waals surface area contributed by atoms with Gasteiger partial charge in [0.2, 0.25) is 0 Å². The molecule has 0 aromatic heterocycles. The third-order valence-electron chi connectivity index (χ3n) is 3.12. The topological polar surface area (TPSA) is 119 Å². The van der Waals surface area contributed by atoms with Gasteiger partial charge in [-0.05, 0) is 36.4 Å². The highest BCUT2D eigenvalue weighted by molar-refractivity contribution is 6.35. The molecule has 2 aromatic rings. The van der Waals surface area contributed by atoms with Gasteiger partial charge in [0, 0.05) is 21.8 Å². The first-order chi connectivity index (χ1) is 10.8. The number of aliphatic carboxylic acids is 1. The smallest absolute Gasteiger partial charge is 0.330 e. The third-order valence-corrected chi connectivity index (χ3v) is 3.63. The lowest BCUT2D eigenvalue weighted by Crippen LogP contribution is -2.21. The number of hydrogen-bond donors (Lipinski definition) is 5. The highest BCUT2D eigenvalue weighted by atomic mass is 35.5. The Morgan fingerprint density at radius 1 is 1.22 bits per heavy atom. The lowest BCUT2D eigenvalue weighted by molar-refractivity contribution is -0.138. The Labute approximate surface area is 142 Å². The van der Waals surface area contributed by atoms with E-state index in [0.29, 0.717) is 11.3 Å². The molecule has 2 rings (SSSR count). The number of amidine groups is 1. The number of nitrogen functional groups attached to an aromatic ring is 1. The first kappa shape index (κ1) is 16.9. The van der Waals surface area contributed by atoms with Crippen LogP contribution in [0, 0.1) is 5.41 Å². The highest BCUT2D eigenvalue weighted by Crippen LogP contribution is 2.36. The van der Waals surface area contributed by atoms with E-state index in [2.05, 4.69) is 5.32 Å². The molecule has 2 aromatic carbocycles. The van der Waals surface area contributed by atoms with Gasteiger partial charge < -0.3 is 21.3 Å². The van der Waals surface area contributed by atoms with Crippen molar-refractivity contribution in [1.29, 1.82) is 5.41 Å². The minimum atomic E-state index is -1.26. The molecule has 1 atom stereocenters.